The van der Waals surface area contributed by atoms with Gasteiger partial charge in [0.1, 0.15) is 0 Å². The van der Waals surface area contributed by atoms with Gasteiger partial charge in [0.25, 0.3) is 5.78 Å². The van der Waals surface area contributed by atoms with Gasteiger partial charge in [0.15, 0.2) is 5.82 Å². The number of anilines is 1. The predicted molar refractivity (Wildman–Crippen MR) is 38.0 cm³/mol. The van der Waals surface area contributed by atoms with Crippen LogP contribution < -0.4 is 5.73 Å². The highest BCUT2D eigenvalue weighted by Gasteiger charge is 2.41. The van der Waals surface area contributed by atoms with Gasteiger partial charge in [0.05, 0.1) is 5.56 Å². The highest BCUT2D eigenvalue weighted by molar-refractivity contribution is 6.03. The summed E-state index contributed by atoms with van der Waals surface area (Å²) in [6.07, 6.45) is -3.97. The van der Waals surface area contributed by atoms with Gasteiger partial charge in [-0.05, 0) is 0 Å². The van der Waals surface area contributed by atoms with Crippen LogP contribution in [-0.4, -0.2) is 21.7 Å². The lowest BCUT2D eigenvalue weighted by molar-refractivity contribution is -0.0884. The third kappa shape index (κ3) is 1.79. The van der Waals surface area contributed by atoms with E-state index in [2.05, 4.69) is 5.10 Å². The minimum absolute atomic E-state index is 0.412. The van der Waals surface area contributed by atoms with E-state index >= 15 is 0 Å². The van der Waals surface area contributed by atoms with Crippen molar-refractivity contribution >= 4 is 11.6 Å². The number of aromatic nitrogens is 2. The van der Waals surface area contributed by atoms with E-state index in [1.165, 1.54) is 7.05 Å². The summed E-state index contributed by atoms with van der Waals surface area (Å²) in [6, 6.07) is 0. The molecule has 0 unspecified atom stereocenters. The molecule has 72 valence electrons. The Balaban J connectivity index is 3.09. The number of nitrogens with two attached hydrogens (primary N) is 1. The lowest BCUT2D eigenvalue weighted by atomic mass is 10.2. The highest BCUT2D eigenvalue weighted by atomic mass is 19.4. The number of hydrogen-bond acceptors (Lipinski definition) is 3. The Kier molecular flexibility index (Phi) is 2.02. The summed E-state index contributed by atoms with van der Waals surface area (Å²) in [6.45, 7) is 0. The van der Waals surface area contributed by atoms with E-state index < -0.39 is 23.3 Å². The summed E-state index contributed by atoms with van der Waals surface area (Å²) in [7, 11) is 1.38. The molecule has 0 saturated carbocycles. The second kappa shape index (κ2) is 2.75. The minimum atomic E-state index is -4.91. The van der Waals surface area contributed by atoms with E-state index in [9.17, 15) is 18.0 Å². The summed E-state index contributed by atoms with van der Waals surface area (Å²) >= 11 is 0. The first-order valence-corrected chi connectivity index (χ1v) is 3.23. The van der Waals surface area contributed by atoms with Crippen molar-refractivity contribution in [2.24, 2.45) is 7.05 Å². The summed E-state index contributed by atoms with van der Waals surface area (Å²) in [5, 5.41) is 3.42. The number of nitrogen functional groups attached to an aromatic ring is 1. The van der Waals surface area contributed by atoms with Crippen LogP contribution in [-0.2, 0) is 7.05 Å². The van der Waals surface area contributed by atoms with Gasteiger partial charge >= 0.3 is 6.18 Å². The van der Waals surface area contributed by atoms with Crippen LogP contribution in [0.25, 0.3) is 0 Å². The molecule has 7 heteroatoms. The van der Waals surface area contributed by atoms with Crippen molar-refractivity contribution in [3.63, 3.8) is 0 Å². The van der Waals surface area contributed by atoms with E-state index in [0.29, 0.717) is 0 Å². The molecule has 0 saturated heterocycles. The molecule has 1 aromatic rings. The van der Waals surface area contributed by atoms with E-state index in [1.54, 1.807) is 0 Å². The third-order valence-corrected chi connectivity index (χ3v) is 1.36. The number of nitrogens with zero attached hydrogens (tertiary/aromatic N) is 2. The number of rotatable bonds is 1. The van der Waals surface area contributed by atoms with Crippen LogP contribution in [0.4, 0.5) is 19.0 Å². The maximum absolute atomic E-state index is 11.9. The molecule has 4 nitrogen and oxygen atoms in total. The highest BCUT2D eigenvalue weighted by Crippen LogP contribution is 2.23. The van der Waals surface area contributed by atoms with E-state index in [4.69, 9.17) is 5.73 Å². The normalized spacial score (nSPS) is 11.7. The Morgan fingerprint density at radius 1 is 1.62 bits per heavy atom. The Labute approximate surface area is 71.1 Å². The molecule has 2 N–H and O–H groups in total. The van der Waals surface area contributed by atoms with Crippen molar-refractivity contribution in [3.05, 3.63) is 11.8 Å². The predicted octanol–water partition coefficient (Wildman–Crippen LogP) is 0.747. The Morgan fingerprint density at radius 2 is 2.15 bits per heavy atom. The van der Waals surface area contributed by atoms with Crippen LogP contribution in [0.3, 0.4) is 0 Å². The summed E-state index contributed by atoms with van der Waals surface area (Å²) in [4.78, 5) is 10.6. The molecule has 0 atom stereocenters. The van der Waals surface area contributed by atoms with Crippen molar-refractivity contribution in [1.82, 2.24) is 9.78 Å². The first kappa shape index (κ1) is 9.56. The number of carbonyl (C=O) groups is 1. The van der Waals surface area contributed by atoms with Gasteiger partial charge in [-0.2, -0.15) is 18.3 Å². The monoisotopic (exact) mass is 193 g/mol. The maximum Gasteiger partial charge on any atom is 0.455 e. The zero-order chi connectivity index (χ0) is 10.2. The van der Waals surface area contributed by atoms with Crippen molar-refractivity contribution in [1.29, 1.82) is 0 Å². The van der Waals surface area contributed by atoms with Crippen LogP contribution in [0, 0.1) is 0 Å². The van der Waals surface area contributed by atoms with Gasteiger partial charge in [-0.1, -0.05) is 0 Å². The molecule has 0 aliphatic rings. The third-order valence-electron chi connectivity index (χ3n) is 1.36. The molecule has 0 aromatic carbocycles. The number of aryl methyl sites for hydroxylation is 1. The zero-order valence-corrected chi connectivity index (χ0v) is 6.59. The van der Waals surface area contributed by atoms with Crippen molar-refractivity contribution in [3.8, 4) is 0 Å². The lowest BCUT2D eigenvalue weighted by Crippen LogP contribution is -2.23. The van der Waals surface area contributed by atoms with Gasteiger partial charge in [0, 0.05) is 13.2 Å². The second-order valence-corrected chi connectivity index (χ2v) is 2.43. The van der Waals surface area contributed by atoms with Crippen LogP contribution in [0.5, 0.6) is 0 Å². The van der Waals surface area contributed by atoms with Gasteiger partial charge in [-0.3, -0.25) is 9.48 Å². The molecule has 0 radical (unpaired) electrons. The van der Waals surface area contributed by atoms with Crippen LogP contribution in [0.15, 0.2) is 6.20 Å². The number of ketones is 1. The van der Waals surface area contributed by atoms with E-state index in [1.807, 2.05) is 0 Å². The number of Topliss-reactive ketones (excluding diaryl/α,β-unsaturated/α-hetero) is 1. The summed E-state index contributed by atoms with van der Waals surface area (Å²) in [5.41, 5.74) is 4.47. The molecule has 13 heavy (non-hydrogen) atoms. The first-order valence-electron chi connectivity index (χ1n) is 3.23. The fourth-order valence-electron chi connectivity index (χ4n) is 0.833. The molecule has 0 aliphatic heterocycles. The fraction of sp³-hybridized carbons (Fsp3) is 0.333. The quantitative estimate of drug-likeness (QED) is 0.669. The molecule has 1 rings (SSSR count). The summed E-state index contributed by atoms with van der Waals surface area (Å²) in [5.74, 6) is -2.39. The summed E-state index contributed by atoms with van der Waals surface area (Å²) < 4.78 is 36.7. The topological polar surface area (TPSA) is 60.9 Å². The molecular weight excluding hydrogens is 187 g/mol. The van der Waals surface area contributed by atoms with Crippen molar-refractivity contribution < 1.29 is 18.0 Å². The van der Waals surface area contributed by atoms with Gasteiger partial charge in [-0.25, -0.2) is 0 Å². The molecule has 1 heterocycles. The van der Waals surface area contributed by atoms with E-state index in [-0.39, 0.29) is 0 Å². The van der Waals surface area contributed by atoms with Crippen molar-refractivity contribution in [2.45, 2.75) is 6.18 Å². The molecular formula is C6H6F3N3O. The number of hydrogen-bond donors (Lipinski definition) is 1. The largest absolute Gasteiger partial charge is 0.455 e. The standard InChI is InChI=1S/C6H6F3N3O/c1-12-2-3(5(10)11-12)4(13)6(7,8)9/h2H,1H3,(H2,10,11). The van der Waals surface area contributed by atoms with Crippen LogP contribution in [0.1, 0.15) is 10.4 Å². The van der Waals surface area contributed by atoms with E-state index in [0.717, 1.165) is 10.9 Å². The molecule has 0 bridgehead atoms. The number of halogens is 3. The second-order valence-electron chi connectivity index (χ2n) is 2.43. The molecule has 0 spiro atoms. The fourth-order valence-corrected chi connectivity index (χ4v) is 0.833. The smallest absolute Gasteiger partial charge is 0.382 e. The van der Waals surface area contributed by atoms with Gasteiger partial charge < -0.3 is 5.73 Å². The molecule has 1 aromatic heterocycles. The minimum Gasteiger partial charge on any atom is -0.382 e. The SMILES string of the molecule is Cn1cc(C(=O)C(F)(F)F)c(N)n1. The Hall–Kier alpha value is -1.53. The van der Waals surface area contributed by atoms with Crippen LogP contribution in [0.2, 0.25) is 0 Å². The lowest BCUT2D eigenvalue weighted by Gasteiger charge is -2.01. The number of alkyl halides is 3. The van der Waals surface area contributed by atoms with Crippen molar-refractivity contribution in [2.75, 3.05) is 5.73 Å². The maximum atomic E-state index is 11.9. The first-order chi connectivity index (χ1) is 5.82. The van der Waals surface area contributed by atoms with Gasteiger partial charge in [-0.15, -0.1) is 0 Å². The average Bonchev–Trinajstić information content (AvgIpc) is 2.26. The molecule has 0 amide bonds. The van der Waals surface area contributed by atoms with Gasteiger partial charge in [0.2, 0.25) is 0 Å². The Bertz CT molecular complexity index is 341. The molecule has 0 fully saturated rings. The average molecular weight is 193 g/mol. The Morgan fingerprint density at radius 3 is 2.46 bits per heavy atom. The zero-order valence-electron chi connectivity index (χ0n) is 6.59. The van der Waals surface area contributed by atoms with Crippen LogP contribution >= 0.6 is 0 Å². The molecule has 0 aliphatic carbocycles. The number of carbonyl (C=O) groups excluding carboxylic acids is 1.